The summed E-state index contributed by atoms with van der Waals surface area (Å²) in [5.41, 5.74) is 0. The molecule has 1 saturated carbocycles. The molecule has 5 nitrogen and oxygen atoms in total. The molecule has 1 heterocycles. The molecule has 2 N–H and O–H groups in total. The van der Waals surface area contributed by atoms with E-state index in [4.69, 9.17) is 0 Å². The number of guanidine groups is 1. The number of aliphatic imine (C=N–C) groups is 1. The number of rotatable bonds is 3. The summed E-state index contributed by atoms with van der Waals surface area (Å²) < 4.78 is 22.8. The van der Waals surface area contributed by atoms with Gasteiger partial charge in [-0.2, -0.15) is 0 Å². The number of halogens is 1. The van der Waals surface area contributed by atoms with Crippen LogP contribution in [0, 0.1) is 5.92 Å². The smallest absolute Gasteiger partial charge is 0.191 e. The molecule has 0 amide bonds. The van der Waals surface area contributed by atoms with Crippen molar-refractivity contribution in [1.82, 2.24) is 10.6 Å². The lowest BCUT2D eigenvalue weighted by Gasteiger charge is -2.25. The minimum Gasteiger partial charge on any atom is -0.356 e. The second-order valence-electron chi connectivity index (χ2n) is 5.70. The van der Waals surface area contributed by atoms with Crippen LogP contribution in [0.2, 0.25) is 0 Å². The first-order chi connectivity index (χ1) is 9.09. The maximum Gasteiger partial charge on any atom is 0.191 e. The van der Waals surface area contributed by atoms with Crippen LogP contribution in [0.4, 0.5) is 0 Å². The summed E-state index contributed by atoms with van der Waals surface area (Å²) in [6.45, 7) is 0.700. The Labute approximate surface area is 139 Å². The molecule has 0 radical (unpaired) electrons. The van der Waals surface area contributed by atoms with Crippen molar-refractivity contribution in [2.24, 2.45) is 10.9 Å². The Kier molecular flexibility index (Phi) is 7.57. The maximum absolute atomic E-state index is 11.4. The van der Waals surface area contributed by atoms with Gasteiger partial charge in [-0.15, -0.1) is 24.0 Å². The Morgan fingerprint density at radius 3 is 2.45 bits per heavy atom. The summed E-state index contributed by atoms with van der Waals surface area (Å²) >= 11 is 0. The summed E-state index contributed by atoms with van der Waals surface area (Å²) in [5.74, 6) is 1.71. The molecule has 20 heavy (non-hydrogen) atoms. The Bertz CT molecular complexity index is 419. The molecule has 1 aliphatic carbocycles. The van der Waals surface area contributed by atoms with Crippen molar-refractivity contribution in [1.29, 1.82) is 0 Å². The molecule has 2 rings (SSSR count). The zero-order valence-corrected chi connectivity index (χ0v) is 15.2. The van der Waals surface area contributed by atoms with Crippen LogP contribution in [0.5, 0.6) is 0 Å². The van der Waals surface area contributed by atoms with Gasteiger partial charge in [0.25, 0.3) is 0 Å². The normalized spacial score (nSPS) is 26.9. The minimum absolute atomic E-state index is 0. The predicted octanol–water partition coefficient (Wildman–Crippen LogP) is 1.54. The van der Waals surface area contributed by atoms with Crippen molar-refractivity contribution in [2.75, 3.05) is 25.1 Å². The van der Waals surface area contributed by atoms with Crippen molar-refractivity contribution >= 4 is 39.8 Å². The highest BCUT2D eigenvalue weighted by atomic mass is 127. The lowest BCUT2D eigenvalue weighted by molar-refractivity contribution is 0.409. The highest BCUT2D eigenvalue weighted by Crippen LogP contribution is 2.18. The molecule has 1 aliphatic heterocycles. The Hall–Kier alpha value is -0.0500. The highest BCUT2D eigenvalue weighted by Gasteiger charge is 2.27. The van der Waals surface area contributed by atoms with Crippen LogP contribution in [-0.2, 0) is 9.84 Å². The fraction of sp³-hybridized carbons (Fsp3) is 0.923. The molecule has 0 aromatic rings. The first kappa shape index (κ1) is 18.0. The van der Waals surface area contributed by atoms with Gasteiger partial charge >= 0.3 is 0 Å². The lowest BCUT2D eigenvalue weighted by atomic mass is 9.96. The molecule has 1 unspecified atom stereocenters. The molecule has 0 aromatic heterocycles. The third-order valence-corrected chi connectivity index (χ3v) is 5.89. The van der Waals surface area contributed by atoms with Gasteiger partial charge < -0.3 is 10.6 Å². The lowest BCUT2D eigenvalue weighted by Crippen LogP contribution is -2.45. The van der Waals surface area contributed by atoms with Gasteiger partial charge in [0.05, 0.1) is 11.5 Å². The predicted molar refractivity (Wildman–Crippen MR) is 93.5 cm³/mol. The van der Waals surface area contributed by atoms with Crippen LogP contribution in [0.3, 0.4) is 0 Å². The average Bonchev–Trinajstić information content (AvgIpc) is 2.75. The van der Waals surface area contributed by atoms with E-state index < -0.39 is 9.84 Å². The molecule has 1 atom stereocenters. The number of nitrogens with zero attached hydrogens (tertiary/aromatic N) is 1. The largest absolute Gasteiger partial charge is 0.356 e. The van der Waals surface area contributed by atoms with E-state index in [1.807, 2.05) is 0 Å². The maximum atomic E-state index is 11.4. The van der Waals surface area contributed by atoms with E-state index in [9.17, 15) is 8.42 Å². The Morgan fingerprint density at radius 2 is 1.90 bits per heavy atom. The van der Waals surface area contributed by atoms with Crippen LogP contribution in [0.25, 0.3) is 0 Å². The third kappa shape index (κ3) is 5.75. The number of hydrogen-bond donors (Lipinski definition) is 2. The van der Waals surface area contributed by atoms with Gasteiger partial charge in [-0.1, -0.05) is 19.3 Å². The molecule has 0 aromatic carbocycles. The van der Waals surface area contributed by atoms with E-state index in [1.54, 1.807) is 7.05 Å². The van der Waals surface area contributed by atoms with Crippen LogP contribution in [-0.4, -0.2) is 45.5 Å². The molecular weight excluding hydrogens is 389 g/mol. The monoisotopic (exact) mass is 415 g/mol. The number of nitrogens with one attached hydrogen (secondary N) is 2. The summed E-state index contributed by atoms with van der Waals surface area (Å²) in [7, 11) is -1.01. The average molecular weight is 415 g/mol. The fourth-order valence-corrected chi connectivity index (χ4v) is 4.77. The van der Waals surface area contributed by atoms with Crippen LogP contribution < -0.4 is 10.6 Å². The summed E-state index contributed by atoms with van der Waals surface area (Å²) in [6, 6.07) is 0.521. The van der Waals surface area contributed by atoms with Crippen molar-refractivity contribution in [2.45, 2.75) is 44.6 Å². The topological polar surface area (TPSA) is 70.6 Å². The zero-order valence-electron chi connectivity index (χ0n) is 12.1. The Morgan fingerprint density at radius 1 is 1.20 bits per heavy atom. The van der Waals surface area contributed by atoms with Gasteiger partial charge in [0.15, 0.2) is 15.8 Å². The molecule has 0 bridgehead atoms. The van der Waals surface area contributed by atoms with Gasteiger partial charge in [-0.3, -0.25) is 4.99 Å². The molecule has 1 saturated heterocycles. The minimum atomic E-state index is -2.78. The number of sulfone groups is 1. The second kappa shape index (κ2) is 8.41. The van der Waals surface area contributed by atoms with Crippen molar-refractivity contribution in [3.8, 4) is 0 Å². The second-order valence-corrected chi connectivity index (χ2v) is 7.93. The highest BCUT2D eigenvalue weighted by molar-refractivity contribution is 14.0. The van der Waals surface area contributed by atoms with Gasteiger partial charge in [-0.05, 0) is 25.2 Å². The standard InChI is InChI=1S/C13H25N3O2S.HI/c1-14-13(16-12-5-3-2-4-6-12)15-9-11-7-8-19(17,18)10-11;/h11-12H,2-10H2,1H3,(H2,14,15,16);1H. The third-order valence-electron chi connectivity index (χ3n) is 4.05. The van der Waals surface area contributed by atoms with Crippen molar-refractivity contribution in [3.63, 3.8) is 0 Å². The molecule has 7 heteroatoms. The molecule has 0 spiro atoms. The van der Waals surface area contributed by atoms with Crippen molar-refractivity contribution < 1.29 is 8.42 Å². The first-order valence-corrected chi connectivity index (χ1v) is 9.09. The fourth-order valence-electron chi connectivity index (χ4n) is 2.91. The van der Waals surface area contributed by atoms with Crippen LogP contribution in [0.1, 0.15) is 38.5 Å². The van der Waals surface area contributed by atoms with E-state index in [1.165, 1.54) is 32.1 Å². The summed E-state index contributed by atoms with van der Waals surface area (Å²) in [6.07, 6.45) is 7.10. The Balaban J connectivity index is 0.00000200. The quantitative estimate of drug-likeness (QED) is 0.417. The first-order valence-electron chi connectivity index (χ1n) is 7.26. The van der Waals surface area contributed by atoms with Crippen LogP contribution in [0.15, 0.2) is 4.99 Å². The van der Waals surface area contributed by atoms with Gasteiger partial charge in [0.1, 0.15) is 0 Å². The van der Waals surface area contributed by atoms with E-state index in [2.05, 4.69) is 15.6 Å². The SMILES string of the molecule is CN=C(NCC1CCS(=O)(=O)C1)NC1CCCCC1.I. The van der Waals surface area contributed by atoms with E-state index >= 15 is 0 Å². The van der Waals surface area contributed by atoms with Gasteiger partial charge in [0, 0.05) is 19.6 Å². The molecule has 118 valence electrons. The molecule has 2 fully saturated rings. The summed E-state index contributed by atoms with van der Waals surface area (Å²) in [5, 5.41) is 6.71. The van der Waals surface area contributed by atoms with Crippen LogP contribution >= 0.6 is 24.0 Å². The zero-order chi connectivity index (χ0) is 13.7. The van der Waals surface area contributed by atoms with Gasteiger partial charge in [0.2, 0.25) is 0 Å². The van der Waals surface area contributed by atoms with E-state index in [-0.39, 0.29) is 29.9 Å². The van der Waals surface area contributed by atoms with Gasteiger partial charge in [-0.25, -0.2) is 8.42 Å². The van der Waals surface area contributed by atoms with Crippen molar-refractivity contribution in [3.05, 3.63) is 0 Å². The van der Waals surface area contributed by atoms with E-state index in [0.717, 1.165) is 12.4 Å². The van der Waals surface area contributed by atoms with E-state index in [0.29, 0.717) is 24.1 Å². The molecular formula is C13H26IN3O2S. The number of hydrogen-bond acceptors (Lipinski definition) is 3. The summed E-state index contributed by atoms with van der Waals surface area (Å²) in [4.78, 5) is 4.22. The molecule has 2 aliphatic rings.